The van der Waals surface area contributed by atoms with Gasteiger partial charge in [-0.05, 0) is 32.4 Å². The number of para-hydroxylation sites is 1. The van der Waals surface area contributed by atoms with Crippen LogP contribution in [0.3, 0.4) is 0 Å². The first-order valence-electron chi connectivity index (χ1n) is 8.01. The Labute approximate surface area is 140 Å². The van der Waals surface area contributed by atoms with Gasteiger partial charge in [0.15, 0.2) is 17.2 Å². The molecular formula is C20H20FNO2. The monoisotopic (exact) mass is 325 g/mol. The number of benzene rings is 2. The molecule has 0 saturated carbocycles. The van der Waals surface area contributed by atoms with E-state index in [4.69, 9.17) is 4.42 Å². The zero-order valence-corrected chi connectivity index (χ0v) is 14.0. The number of carbonyl (C=O) groups excluding carboxylic acids is 1. The molecule has 124 valence electrons. The first-order chi connectivity index (χ1) is 11.5. The lowest BCUT2D eigenvalue weighted by atomic mass is 10.1. The summed E-state index contributed by atoms with van der Waals surface area (Å²) in [4.78, 5) is 14.7. The van der Waals surface area contributed by atoms with Crippen LogP contribution in [0.15, 0.2) is 52.9 Å². The second-order valence-corrected chi connectivity index (χ2v) is 6.19. The molecule has 1 amide bonds. The van der Waals surface area contributed by atoms with Crippen LogP contribution in [0, 0.1) is 12.7 Å². The maximum Gasteiger partial charge on any atom is 0.290 e. The van der Waals surface area contributed by atoms with Crippen LogP contribution in [0.25, 0.3) is 11.0 Å². The van der Waals surface area contributed by atoms with Crippen molar-refractivity contribution in [2.24, 2.45) is 0 Å². The van der Waals surface area contributed by atoms with Crippen molar-refractivity contribution >= 4 is 16.9 Å². The van der Waals surface area contributed by atoms with Crippen molar-refractivity contribution in [2.45, 2.75) is 33.4 Å². The fraction of sp³-hybridized carbons (Fsp3) is 0.250. The van der Waals surface area contributed by atoms with Gasteiger partial charge in [0.05, 0.1) is 0 Å². The number of rotatable bonds is 4. The van der Waals surface area contributed by atoms with Crippen LogP contribution < -0.4 is 0 Å². The van der Waals surface area contributed by atoms with E-state index in [2.05, 4.69) is 0 Å². The predicted octanol–water partition coefficient (Wildman–Crippen LogP) is 4.93. The predicted molar refractivity (Wildman–Crippen MR) is 92.4 cm³/mol. The number of hydrogen-bond donors (Lipinski definition) is 0. The Balaban J connectivity index is 1.99. The van der Waals surface area contributed by atoms with Gasteiger partial charge < -0.3 is 9.32 Å². The molecule has 0 saturated heterocycles. The Kier molecular flexibility index (Phi) is 4.38. The van der Waals surface area contributed by atoms with E-state index in [9.17, 15) is 9.18 Å². The van der Waals surface area contributed by atoms with Crippen LogP contribution >= 0.6 is 0 Å². The maximum atomic E-state index is 13.9. The summed E-state index contributed by atoms with van der Waals surface area (Å²) < 4.78 is 19.5. The number of hydrogen-bond acceptors (Lipinski definition) is 2. The van der Waals surface area contributed by atoms with Crippen LogP contribution in [0.1, 0.15) is 35.5 Å². The minimum absolute atomic E-state index is 0.00448. The molecule has 1 heterocycles. The van der Waals surface area contributed by atoms with Crippen molar-refractivity contribution in [1.82, 2.24) is 4.90 Å². The average molecular weight is 325 g/mol. The van der Waals surface area contributed by atoms with Crippen molar-refractivity contribution < 1.29 is 13.6 Å². The molecule has 0 N–H and O–H groups in total. The Hall–Kier alpha value is -2.62. The second kappa shape index (κ2) is 6.48. The van der Waals surface area contributed by atoms with Crippen LogP contribution in [-0.4, -0.2) is 16.8 Å². The number of furan rings is 1. The van der Waals surface area contributed by atoms with Crippen LogP contribution in [0.5, 0.6) is 0 Å². The van der Waals surface area contributed by atoms with Gasteiger partial charge in [-0.1, -0.05) is 42.5 Å². The van der Waals surface area contributed by atoms with Gasteiger partial charge in [0.1, 0.15) is 0 Å². The largest absolute Gasteiger partial charge is 0.448 e. The molecule has 0 atom stereocenters. The highest BCUT2D eigenvalue weighted by molar-refractivity contribution is 5.99. The Bertz CT molecular complexity index is 868. The number of halogens is 1. The van der Waals surface area contributed by atoms with Gasteiger partial charge >= 0.3 is 0 Å². The molecular weight excluding hydrogens is 305 g/mol. The number of aryl methyl sites for hydroxylation is 1. The molecule has 0 fully saturated rings. The van der Waals surface area contributed by atoms with E-state index in [0.29, 0.717) is 17.5 Å². The topological polar surface area (TPSA) is 33.5 Å². The summed E-state index contributed by atoms with van der Waals surface area (Å²) in [6, 6.07) is 14.5. The zero-order valence-electron chi connectivity index (χ0n) is 14.0. The lowest BCUT2D eigenvalue weighted by molar-refractivity contribution is 0.0658. The van der Waals surface area contributed by atoms with Gasteiger partial charge in [0.2, 0.25) is 0 Å². The van der Waals surface area contributed by atoms with E-state index in [1.807, 2.05) is 44.2 Å². The standard InChI is InChI=1S/C20H20FNO2/c1-13(2)22(12-15-8-5-4-6-9-15)20(23)18-14(3)16-10-7-11-17(21)19(16)24-18/h4-11,13H,12H2,1-3H3. The zero-order chi connectivity index (χ0) is 17.3. The highest BCUT2D eigenvalue weighted by Gasteiger charge is 2.26. The third kappa shape index (κ3) is 2.92. The van der Waals surface area contributed by atoms with Crippen LogP contribution in [0.2, 0.25) is 0 Å². The molecule has 2 aromatic carbocycles. The van der Waals surface area contributed by atoms with Gasteiger partial charge in [-0.15, -0.1) is 0 Å². The summed E-state index contributed by atoms with van der Waals surface area (Å²) in [5, 5.41) is 0.641. The number of nitrogens with zero attached hydrogens (tertiary/aromatic N) is 1. The molecule has 0 aliphatic heterocycles. The molecule has 0 aliphatic rings. The summed E-state index contributed by atoms with van der Waals surface area (Å²) in [7, 11) is 0. The average Bonchev–Trinajstić information content (AvgIpc) is 2.91. The van der Waals surface area contributed by atoms with E-state index in [1.54, 1.807) is 24.0 Å². The van der Waals surface area contributed by atoms with E-state index < -0.39 is 5.82 Å². The molecule has 3 aromatic rings. The summed E-state index contributed by atoms with van der Waals surface area (Å²) in [6.07, 6.45) is 0. The minimum atomic E-state index is -0.450. The Morgan fingerprint density at radius 3 is 2.46 bits per heavy atom. The van der Waals surface area contributed by atoms with Crippen molar-refractivity contribution in [3.8, 4) is 0 Å². The van der Waals surface area contributed by atoms with E-state index in [-0.39, 0.29) is 23.3 Å². The molecule has 0 radical (unpaired) electrons. The van der Waals surface area contributed by atoms with E-state index in [1.165, 1.54) is 6.07 Å². The third-order valence-electron chi connectivity index (χ3n) is 4.19. The lowest BCUT2D eigenvalue weighted by Crippen LogP contribution is -2.36. The third-order valence-corrected chi connectivity index (χ3v) is 4.19. The second-order valence-electron chi connectivity index (χ2n) is 6.19. The van der Waals surface area contributed by atoms with Crippen molar-refractivity contribution in [3.05, 3.63) is 71.2 Å². The smallest absolute Gasteiger partial charge is 0.290 e. The lowest BCUT2D eigenvalue weighted by Gasteiger charge is -2.26. The van der Waals surface area contributed by atoms with Gasteiger partial charge in [-0.25, -0.2) is 4.39 Å². The molecule has 0 aliphatic carbocycles. The summed E-state index contributed by atoms with van der Waals surface area (Å²) in [5.41, 5.74) is 1.86. The Morgan fingerprint density at radius 1 is 1.12 bits per heavy atom. The fourth-order valence-corrected chi connectivity index (χ4v) is 2.81. The molecule has 4 heteroatoms. The summed E-state index contributed by atoms with van der Waals surface area (Å²) in [6.45, 7) is 6.19. The summed E-state index contributed by atoms with van der Waals surface area (Å²) >= 11 is 0. The molecule has 24 heavy (non-hydrogen) atoms. The Morgan fingerprint density at radius 2 is 1.83 bits per heavy atom. The van der Waals surface area contributed by atoms with Gasteiger partial charge in [0.25, 0.3) is 5.91 Å². The SMILES string of the molecule is Cc1c(C(=O)N(Cc2ccccc2)C(C)C)oc2c(F)cccc12. The molecule has 0 bridgehead atoms. The minimum Gasteiger partial charge on any atom is -0.448 e. The van der Waals surface area contributed by atoms with Crippen LogP contribution in [0.4, 0.5) is 4.39 Å². The maximum absolute atomic E-state index is 13.9. The number of carbonyl (C=O) groups is 1. The number of fused-ring (bicyclic) bond motifs is 1. The molecule has 3 nitrogen and oxygen atoms in total. The summed E-state index contributed by atoms with van der Waals surface area (Å²) in [5.74, 6) is -0.463. The number of amides is 1. The van der Waals surface area contributed by atoms with Crippen molar-refractivity contribution in [1.29, 1.82) is 0 Å². The molecule has 1 aromatic heterocycles. The first kappa shape index (κ1) is 16.2. The molecule has 3 rings (SSSR count). The van der Waals surface area contributed by atoms with Gasteiger partial charge in [0, 0.05) is 23.5 Å². The highest BCUT2D eigenvalue weighted by atomic mass is 19.1. The normalized spacial score (nSPS) is 11.2. The highest BCUT2D eigenvalue weighted by Crippen LogP contribution is 2.28. The molecule has 0 unspecified atom stereocenters. The van der Waals surface area contributed by atoms with Gasteiger partial charge in [-0.3, -0.25) is 4.79 Å². The van der Waals surface area contributed by atoms with E-state index >= 15 is 0 Å². The molecule has 0 spiro atoms. The van der Waals surface area contributed by atoms with Crippen molar-refractivity contribution in [3.63, 3.8) is 0 Å². The first-order valence-corrected chi connectivity index (χ1v) is 8.01. The van der Waals surface area contributed by atoms with Crippen LogP contribution in [-0.2, 0) is 6.54 Å². The quantitative estimate of drug-likeness (QED) is 0.681. The van der Waals surface area contributed by atoms with E-state index in [0.717, 1.165) is 5.56 Å². The fourth-order valence-electron chi connectivity index (χ4n) is 2.81. The van der Waals surface area contributed by atoms with Crippen molar-refractivity contribution in [2.75, 3.05) is 0 Å². The van der Waals surface area contributed by atoms with Gasteiger partial charge in [-0.2, -0.15) is 0 Å².